The average molecular weight is 566 g/mol. The van der Waals surface area contributed by atoms with Crippen LogP contribution in [0.1, 0.15) is 134 Å². The second-order valence-electron chi connectivity index (χ2n) is 13.0. The molecule has 226 valence electrons. The number of carbonyl (C=O) groups is 2. The van der Waals surface area contributed by atoms with Crippen LogP contribution in [0.4, 0.5) is 0 Å². The number of rotatable bonds is 14. The molecule has 0 fully saturated rings. The third-order valence-corrected chi connectivity index (χ3v) is 7.01. The molecule has 0 heterocycles. The van der Waals surface area contributed by atoms with E-state index in [9.17, 15) is 14.8 Å². The molecule has 0 aliphatic heterocycles. The molecule has 2 aromatic rings. The lowest BCUT2D eigenvalue weighted by molar-refractivity contribution is -0.143. The first-order chi connectivity index (χ1) is 19.3. The molecule has 0 radical (unpaired) electrons. The van der Waals surface area contributed by atoms with Crippen LogP contribution >= 0.6 is 0 Å². The maximum Gasteiger partial charge on any atom is 0.316 e. The summed E-state index contributed by atoms with van der Waals surface area (Å²) >= 11 is 0. The third kappa shape index (κ3) is 10.6. The van der Waals surface area contributed by atoms with Crippen molar-refractivity contribution in [3.63, 3.8) is 0 Å². The highest BCUT2D eigenvalue weighted by atomic mass is 16.5. The summed E-state index contributed by atoms with van der Waals surface area (Å²) in [6, 6.07) is 10.9. The van der Waals surface area contributed by atoms with E-state index in [4.69, 9.17) is 9.47 Å². The number of hydrogen-bond donors (Lipinski definition) is 1. The maximum absolute atomic E-state index is 14.1. The third-order valence-electron chi connectivity index (χ3n) is 7.01. The fourth-order valence-electron chi connectivity index (χ4n) is 4.45. The summed E-state index contributed by atoms with van der Waals surface area (Å²) in [5, 5.41) is 12.9. The Kier molecular flexibility index (Phi) is 13.1. The van der Waals surface area contributed by atoms with Gasteiger partial charge in [0, 0.05) is 16.5 Å². The molecule has 2 rings (SSSR count). The van der Waals surface area contributed by atoms with Crippen LogP contribution in [0.5, 0.6) is 11.5 Å². The second-order valence-corrected chi connectivity index (χ2v) is 13.0. The van der Waals surface area contributed by atoms with Gasteiger partial charge in [-0.2, -0.15) is 0 Å². The van der Waals surface area contributed by atoms with Crippen molar-refractivity contribution >= 4 is 17.7 Å². The number of esters is 1. The zero-order valence-corrected chi connectivity index (χ0v) is 26.6. The van der Waals surface area contributed by atoms with Crippen LogP contribution in [0.2, 0.25) is 0 Å². The highest BCUT2D eigenvalue weighted by molar-refractivity contribution is 6.11. The molecule has 0 atom stereocenters. The van der Waals surface area contributed by atoms with E-state index in [1.165, 1.54) is 0 Å². The summed E-state index contributed by atoms with van der Waals surface area (Å²) in [6.07, 6.45) is 10.1. The zero-order valence-electron chi connectivity index (χ0n) is 26.6. The molecule has 0 aliphatic carbocycles. The fourth-order valence-corrected chi connectivity index (χ4v) is 4.45. The minimum Gasteiger partial charge on any atom is -0.439 e. The van der Waals surface area contributed by atoms with Crippen molar-refractivity contribution in [1.29, 1.82) is 0 Å². The van der Waals surface area contributed by atoms with Crippen molar-refractivity contribution in [2.75, 3.05) is 0 Å². The quantitative estimate of drug-likeness (QED) is 0.0360. The summed E-state index contributed by atoms with van der Waals surface area (Å²) in [5.74, 6) is 0.864. The Bertz CT molecular complexity index is 1180. The van der Waals surface area contributed by atoms with Crippen molar-refractivity contribution < 1.29 is 24.3 Å². The van der Waals surface area contributed by atoms with Crippen LogP contribution in [-0.2, 0) is 17.6 Å². The maximum atomic E-state index is 14.1. The first kappa shape index (κ1) is 34.1. The number of carbonyl (C=O) groups excluding carboxylic acids is 2. The normalized spacial score (nSPS) is 12.3. The number of oxime groups is 1. The number of benzene rings is 2. The first-order valence-corrected chi connectivity index (χ1v) is 15.2. The highest BCUT2D eigenvalue weighted by Crippen LogP contribution is 2.29. The topological polar surface area (TPSA) is 85.2 Å². The van der Waals surface area contributed by atoms with Gasteiger partial charge in [0.25, 0.3) is 0 Å². The van der Waals surface area contributed by atoms with Gasteiger partial charge in [-0.1, -0.05) is 78.3 Å². The highest BCUT2D eigenvalue weighted by Gasteiger charge is 2.26. The smallest absolute Gasteiger partial charge is 0.316 e. The Morgan fingerprint density at radius 3 is 1.54 bits per heavy atom. The predicted octanol–water partition coefficient (Wildman–Crippen LogP) is 9.33. The van der Waals surface area contributed by atoms with Gasteiger partial charge < -0.3 is 14.7 Å². The first-order valence-electron chi connectivity index (χ1n) is 15.2. The molecule has 1 N–H and O–H groups in total. The molecule has 6 nitrogen and oxygen atoms in total. The van der Waals surface area contributed by atoms with Crippen molar-refractivity contribution in [2.24, 2.45) is 16.0 Å². The number of hydrogen-bond acceptors (Lipinski definition) is 6. The molecule has 0 unspecified atom stereocenters. The van der Waals surface area contributed by atoms with Gasteiger partial charge >= 0.3 is 5.97 Å². The molecular formula is C35H51NO5. The summed E-state index contributed by atoms with van der Waals surface area (Å²) in [7, 11) is 0. The fraction of sp³-hybridized carbons (Fsp3) is 0.571. The van der Waals surface area contributed by atoms with Crippen LogP contribution in [0.3, 0.4) is 0 Å². The number of nitrogens with zero attached hydrogens (tertiary/aromatic N) is 1. The summed E-state index contributed by atoms with van der Waals surface area (Å²) in [4.78, 5) is 26.6. The van der Waals surface area contributed by atoms with Gasteiger partial charge in [-0.05, 0) is 94.0 Å². The molecule has 0 saturated heterocycles. The van der Waals surface area contributed by atoms with Crippen LogP contribution in [-0.4, -0.2) is 22.9 Å². The van der Waals surface area contributed by atoms with Gasteiger partial charge in [-0.25, -0.2) is 0 Å². The zero-order chi connectivity index (χ0) is 30.6. The van der Waals surface area contributed by atoms with E-state index < -0.39 is 10.8 Å². The van der Waals surface area contributed by atoms with E-state index >= 15 is 0 Å². The minimum atomic E-state index is -0.625. The van der Waals surface area contributed by atoms with Crippen LogP contribution in [0.25, 0.3) is 0 Å². The summed E-state index contributed by atoms with van der Waals surface area (Å²) in [5.41, 5.74) is 1.98. The molecule has 0 bridgehead atoms. The Labute approximate surface area is 247 Å². The SMILES string of the molecule is CCCCCCc1cc(OC(=O)C(C)(C)C)ccc1C(=O)c1ccc(OC(=NO)C(C)(C)C)cc1CCCCCC. The summed E-state index contributed by atoms with van der Waals surface area (Å²) < 4.78 is 11.6. The van der Waals surface area contributed by atoms with E-state index in [1.807, 2.05) is 59.7 Å². The van der Waals surface area contributed by atoms with Crippen LogP contribution in [0.15, 0.2) is 41.6 Å². The van der Waals surface area contributed by atoms with Gasteiger partial charge in [-0.15, -0.1) is 0 Å². The van der Waals surface area contributed by atoms with E-state index in [0.29, 0.717) is 22.6 Å². The van der Waals surface area contributed by atoms with Gasteiger partial charge in [0.05, 0.1) is 5.41 Å². The standard InChI is InChI=1S/C35H51NO5/c1-9-11-13-15-17-25-23-27(40-32(36-39)34(3,4)5)19-21-29(25)31(37)30-22-20-28(41-33(38)35(6,7)8)24-26(30)18-16-14-12-10-2/h19-24,39H,9-18H2,1-8H3. The van der Waals surface area contributed by atoms with Gasteiger partial charge in [0.1, 0.15) is 11.5 Å². The summed E-state index contributed by atoms with van der Waals surface area (Å²) in [6.45, 7) is 15.6. The van der Waals surface area contributed by atoms with E-state index in [-0.39, 0.29) is 17.7 Å². The molecule has 6 heteroatoms. The monoisotopic (exact) mass is 565 g/mol. The Morgan fingerprint density at radius 1 is 0.683 bits per heavy atom. The van der Waals surface area contributed by atoms with Gasteiger partial charge in [-0.3, -0.25) is 9.59 Å². The molecule has 0 amide bonds. The number of ketones is 1. The number of unbranched alkanes of at least 4 members (excludes halogenated alkanes) is 6. The lowest BCUT2D eigenvalue weighted by Gasteiger charge is -2.21. The Morgan fingerprint density at radius 2 is 1.15 bits per heavy atom. The molecule has 41 heavy (non-hydrogen) atoms. The van der Waals surface area contributed by atoms with Crippen molar-refractivity contribution in [2.45, 2.75) is 120 Å². The minimum absolute atomic E-state index is 0.0481. The average Bonchev–Trinajstić information content (AvgIpc) is 2.91. The predicted molar refractivity (Wildman–Crippen MR) is 166 cm³/mol. The molecule has 0 saturated carbocycles. The number of aryl methyl sites for hydroxylation is 2. The van der Waals surface area contributed by atoms with Crippen molar-refractivity contribution in [3.8, 4) is 11.5 Å². The van der Waals surface area contributed by atoms with Crippen molar-refractivity contribution in [1.82, 2.24) is 0 Å². The van der Waals surface area contributed by atoms with Crippen LogP contribution in [0, 0.1) is 10.8 Å². The van der Waals surface area contributed by atoms with Gasteiger partial charge in [0.15, 0.2) is 5.78 Å². The van der Waals surface area contributed by atoms with E-state index in [0.717, 1.165) is 75.3 Å². The van der Waals surface area contributed by atoms with Crippen molar-refractivity contribution in [3.05, 3.63) is 58.7 Å². The van der Waals surface area contributed by atoms with Crippen LogP contribution < -0.4 is 9.47 Å². The molecule has 2 aromatic carbocycles. The molecule has 0 spiro atoms. The molecule has 0 aromatic heterocycles. The lowest BCUT2D eigenvalue weighted by Crippen LogP contribution is -2.26. The second kappa shape index (κ2) is 15.7. The van der Waals surface area contributed by atoms with E-state index in [2.05, 4.69) is 19.0 Å². The Balaban J connectivity index is 2.49. The van der Waals surface area contributed by atoms with Gasteiger partial charge in [0.2, 0.25) is 5.90 Å². The largest absolute Gasteiger partial charge is 0.439 e. The lowest BCUT2D eigenvalue weighted by atomic mass is 9.90. The molecule has 0 aliphatic rings. The number of ether oxygens (including phenoxy) is 2. The van der Waals surface area contributed by atoms with E-state index in [1.54, 1.807) is 18.2 Å². The Hall–Kier alpha value is -3.15. The molecular weight excluding hydrogens is 514 g/mol.